The van der Waals surface area contributed by atoms with Gasteiger partial charge in [0, 0.05) is 18.5 Å². The largest absolute Gasteiger partial charge is 0.298 e. The molecule has 2 aliphatic rings. The van der Waals surface area contributed by atoms with Crippen molar-refractivity contribution < 1.29 is 4.79 Å². The number of fused-ring (bicyclic) bond motifs is 1. The Morgan fingerprint density at radius 1 is 1.29 bits per heavy atom. The highest BCUT2D eigenvalue weighted by atomic mass is 16.1. The van der Waals surface area contributed by atoms with E-state index in [1.54, 1.807) is 0 Å². The lowest BCUT2D eigenvalue weighted by molar-refractivity contribution is -0.127. The first kappa shape index (κ1) is 10.2. The summed E-state index contributed by atoms with van der Waals surface area (Å²) in [7, 11) is 0. The molecule has 1 aliphatic heterocycles. The topological polar surface area (TPSA) is 20.3 Å². The van der Waals surface area contributed by atoms with Crippen molar-refractivity contribution in [1.82, 2.24) is 4.90 Å². The Morgan fingerprint density at radius 3 is 2.43 bits per heavy atom. The van der Waals surface area contributed by atoms with E-state index >= 15 is 0 Å². The fourth-order valence-corrected chi connectivity index (χ4v) is 2.75. The summed E-state index contributed by atoms with van der Waals surface area (Å²) < 4.78 is 0. The minimum atomic E-state index is 0.195. The highest BCUT2D eigenvalue weighted by molar-refractivity contribution is 5.87. The minimum Gasteiger partial charge on any atom is -0.298 e. The number of rotatable bonds is 3. The highest BCUT2D eigenvalue weighted by Crippen LogP contribution is 2.50. The summed E-state index contributed by atoms with van der Waals surface area (Å²) in [6, 6.07) is 0.774. The molecule has 3 atom stereocenters. The van der Waals surface area contributed by atoms with E-state index in [2.05, 4.69) is 18.7 Å². The Hall–Kier alpha value is -0.370. The van der Waals surface area contributed by atoms with E-state index in [1.807, 2.05) is 13.8 Å². The third kappa shape index (κ3) is 1.50. The standard InChI is InChI=1S/C12H21NO/c1-7(2)12(14)11-10-5-9(10)6-13(11)8(3)4/h7-11H,5-6H2,1-4H3. The van der Waals surface area contributed by atoms with Crippen LogP contribution in [-0.4, -0.2) is 29.3 Å². The Kier molecular flexibility index (Phi) is 2.42. The Balaban J connectivity index is 2.11. The van der Waals surface area contributed by atoms with Crippen LogP contribution in [0.2, 0.25) is 0 Å². The summed E-state index contributed by atoms with van der Waals surface area (Å²) in [5.41, 5.74) is 0. The number of carbonyl (C=O) groups excluding carboxylic acids is 1. The van der Waals surface area contributed by atoms with Gasteiger partial charge in [0.2, 0.25) is 0 Å². The summed E-state index contributed by atoms with van der Waals surface area (Å²) in [5.74, 6) is 2.20. The molecule has 14 heavy (non-hydrogen) atoms. The van der Waals surface area contributed by atoms with Crippen LogP contribution >= 0.6 is 0 Å². The molecule has 1 aliphatic carbocycles. The molecule has 1 heterocycles. The summed E-state index contributed by atoms with van der Waals surface area (Å²) >= 11 is 0. The lowest BCUT2D eigenvalue weighted by Gasteiger charge is -2.30. The molecule has 2 nitrogen and oxygen atoms in total. The molecule has 0 spiro atoms. The SMILES string of the molecule is CC(C)C(=O)C1C2CC2CN1C(C)C. The van der Waals surface area contributed by atoms with Crippen LogP contribution in [0.5, 0.6) is 0 Å². The molecule has 0 aromatic heterocycles. The zero-order chi connectivity index (χ0) is 10.5. The molecule has 0 bridgehead atoms. The lowest BCUT2D eigenvalue weighted by Crippen LogP contribution is -2.45. The lowest BCUT2D eigenvalue weighted by atomic mass is 9.97. The summed E-state index contributed by atoms with van der Waals surface area (Å²) in [6.45, 7) is 9.61. The first-order valence-corrected chi connectivity index (χ1v) is 5.81. The quantitative estimate of drug-likeness (QED) is 0.686. The van der Waals surface area contributed by atoms with Crippen LogP contribution in [0.4, 0.5) is 0 Å². The first-order chi connectivity index (χ1) is 6.52. The van der Waals surface area contributed by atoms with Gasteiger partial charge in [0.1, 0.15) is 0 Å². The first-order valence-electron chi connectivity index (χ1n) is 5.81. The minimum absolute atomic E-state index is 0.195. The smallest absolute Gasteiger partial charge is 0.152 e. The van der Waals surface area contributed by atoms with Gasteiger partial charge in [-0.3, -0.25) is 9.69 Å². The molecule has 2 fully saturated rings. The van der Waals surface area contributed by atoms with Crippen LogP contribution < -0.4 is 0 Å². The highest BCUT2D eigenvalue weighted by Gasteiger charge is 2.55. The van der Waals surface area contributed by atoms with Crippen LogP contribution in [0.25, 0.3) is 0 Å². The number of nitrogens with zero attached hydrogens (tertiary/aromatic N) is 1. The van der Waals surface area contributed by atoms with Crippen molar-refractivity contribution in [2.75, 3.05) is 6.54 Å². The number of piperidine rings is 1. The second-order valence-electron chi connectivity index (χ2n) is 5.45. The van der Waals surface area contributed by atoms with Crippen LogP contribution in [0, 0.1) is 17.8 Å². The molecule has 80 valence electrons. The number of hydrogen-bond acceptors (Lipinski definition) is 2. The summed E-state index contributed by atoms with van der Waals surface area (Å²) in [5, 5.41) is 0. The van der Waals surface area contributed by atoms with E-state index in [1.165, 1.54) is 6.42 Å². The summed E-state index contributed by atoms with van der Waals surface area (Å²) in [4.78, 5) is 14.5. The molecular formula is C12H21NO. The van der Waals surface area contributed by atoms with Crippen molar-refractivity contribution in [3.8, 4) is 0 Å². The molecule has 0 amide bonds. The molecule has 0 aromatic rings. The maximum absolute atomic E-state index is 12.1. The van der Waals surface area contributed by atoms with E-state index in [4.69, 9.17) is 0 Å². The Labute approximate surface area is 86.7 Å². The molecule has 2 rings (SSSR count). The Morgan fingerprint density at radius 2 is 1.93 bits per heavy atom. The molecule has 0 radical (unpaired) electrons. The number of carbonyl (C=O) groups is 1. The van der Waals surface area contributed by atoms with Gasteiger partial charge in [-0.15, -0.1) is 0 Å². The zero-order valence-corrected chi connectivity index (χ0v) is 9.66. The molecule has 1 saturated carbocycles. The third-order valence-corrected chi connectivity index (χ3v) is 3.71. The van der Waals surface area contributed by atoms with E-state index in [0.29, 0.717) is 17.7 Å². The number of ketones is 1. The van der Waals surface area contributed by atoms with Crippen LogP contribution in [0.3, 0.4) is 0 Å². The van der Waals surface area contributed by atoms with E-state index < -0.39 is 0 Å². The van der Waals surface area contributed by atoms with Gasteiger partial charge in [0.05, 0.1) is 6.04 Å². The van der Waals surface area contributed by atoms with Gasteiger partial charge in [0.15, 0.2) is 5.78 Å². The van der Waals surface area contributed by atoms with Gasteiger partial charge in [-0.05, 0) is 32.1 Å². The third-order valence-electron chi connectivity index (χ3n) is 3.71. The molecule has 3 unspecified atom stereocenters. The average Bonchev–Trinajstić information content (AvgIpc) is 2.76. The average molecular weight is 195 g/mol. The van der Waals surface area contributed by atoms with Crippen molar-refractivity contribution >= 4 is 5.78 Å². The summed E-state index contributed by atoms with van der Waals surface area (Å²) in [6.07, 6.45) is 1.30. The second-order valence-corrected chi connectivity index (χ2v) is 5.45. The van der Waals surface area contributed by atoms with E-state index in [0.717, 1.165) is 12.5 Å². The van der Waals surface area contributed by atoms with Crippen LogP contribution in [-0.2, 0) is 4.79 Å². The van der Waals surface area contributed by atoms with Crippen molar-refractivity contribution in [2.45, 2.75) is 46.2 Å². The molecule has 1 saturated heterocycles. The number of Topliss-reactive ketones (excluding diaryl/α,β-unsaturated/α-hetero) is 1. The number of hydrogen-bond donors (Lipinski definition) is 0. The molecule has 0 N–H and O–H groups in total. The number of likely N-dealkylation sites (tertiary alicyclic amines) is 1. The second kappa shape index (κ2) is 3.34. The van der Waals surface area contributed by atoms with Gasteiger partial charge >= 0.3 is 0 Å². The predicted molar refractivity (Wildman–Crippen MR) is 57.1 cm³/mol. The van der Waals surface area contributed by atoms with Gasteiger partial charge in [-0.2, -0.15) is 0 Å². The fraction of sp³-hybridized carbons (Fsp3) is 0.917. The van der Waals surface area contributed by atoms with Gasteiger partial charge < -0.3 is 0 Å². The van der Waals surface area contributed by atoms with Crippen molar-refractivity contribution in [3.05, 3.63) is 0 Å². The van der Waals surface area contributed by atoms with Crippen molar-refractivity contribution in [2.24, 2.45) is 17.8 Å². The predicted octanol–water partition coefficient (Wildman–Crippen LogP) is 1.94. The normalized spacial score (nSPS) is 36.6. The van der Waals surface area contributed by atoms with Crippen molar-refractivity contribution in [3.63, 3.8) is 0 Å². The van der Waals surface area contributed by atoms with Crippen LogP contribution in [0.1, 0.15) is 34.1 Å². The van der Waals surface area contributed by atoms with Crippen molar-refractivity contribution in [1.29, 1.82) is 0 Å². The molecular weight excluding hydrogens is 174 g/mol. The fourth-order valence-electron chi connectivity index (χ4n) is 2.75. The maximum atomic E-state index is 12.1. The monoisotopic (exact) mass is 195 g/mol. The molecule has 2 heteroatoms. The van der Waals surface area contributed by atoms with Gasteiger partial charge in [-0.25, -0.2) is 0 Å². The Bertz CT molecular complexity index is 247. The van der Waals surface area contributed by atoms with E-state index in [9.17, 15) is 4.79 Å². The van der Waals surface area contributed by atoms with Gasteiger partial charge in [-0.1, -0.05) is 13.8 Å². The van der Waals surface area contributed by atoms with Crippen LogP contribution in [0.15, 0.2) is 0 Å². The molecule has 0 aromatic carbocycles. The van der Waals surface area contributed by atoms with E-state index in [-0.39, 0.29) is 12.0 Å². The van der Waals surface area contributed by atoms with Gasteiger partial charge in [0.25, 0.3) is 0 Å². The maximum Gasteiger partial charge on any atom is 0.152 e. The zero-order valence-electron chi connectivity index (χ0n) is 9.66.